The van der Waals surface area contributed by atoms with Crippen molar-refractivity contribution in [2.75, 3.05) is 6.54 Å². The normalized spacial score (nSPS) is 12.9. The van der Waals surface area contributed by atoms with Crippen molar-refractivity contribution in [3.63, 3.8) is 0 Å². The van der Waals surface area contributed by atoms with Crippen molar-refractivity contribution in [3.8, 4) is 5.75 Å². The predicted molar refractivity (Wildman–Crippen MR) is 75.5 cm³/mol. The van der Waals surface area contributed by atoms with Crippen LogP contribution >= 0.6 is 15.9 Å². The summed E-state index contributed by atoms with van der Waals surface area (Å²) in [4.78, 5) is 11.9. The Morgan fingerprint density at radius 2 is 2.22 bits per heavy atom. The van der Waals surface area contributed by atoms with Gasteiger partial charge in [-0.3, -0.25) is 4.79 Å². The van der Waals surface area contributed by atoms with Gasteiger partial charge in [-0.05, 0) is 39.0 Å². The van der Waals surface area contributed by atoms with Crippen molar-refractivity contribution in [3.05, 3.63) is 28.7 Å². The molecule has 0 bridgehead atoms. The molecule has 0 aromatic heterocycles. The number of carbonyl (C=O) groups excluding carboxylic acids is 1. The van der Waals surface area contributed by atoms with Gasteiger partial charge in [-0.2, -0.15) is 0 Å². The van der Waals surface area contributed by atoms with E-state index >= 15 is 0 Å². The molecule has 1 aromatic rings. The smallest absolute Gasteiger partial charge is 0.261 e. The van der Waals surface area contributed by atoms with E-state index in [-0.39, 0.29) is 5.91 Å². The molecule has 0 heterocycles. The second kappa shape index (κ2) is 6.20. The van der Waals surface area contributed by atoms with Crippen LogP contribution in [-0.4, -0.2) is 24.1 Å². The number of hydrogen-bond acceptors (Lipinski definition) is 3. The average Bonchev–Trinajstić information content (AvgIpc) is 2.28. The minimum absolute atomic E-state index is 0.176. The lowest BCUT2D eigenvalue weighted by Crippen LogP contribution is -2.52. The molecule has 0 aliphatic heterocycles. The van der Waals surface area contributed by atoms with Gasteiger partial charge in [-0.25, -0.2) is 0 Å². The number of benzene rings is 1. The Bertz CT molecular complexity index is 421. The van der Waals surface area contributed by atoms with Crippen molar-refractivity contribution >= 4 is 21.8 Å². The highest BCUT2D eigenvalue weighted by Gasteiger charge is 2.23. The quantitative estimate of drug-likeness (QED) is 0.874. The molecule has 18 heavy (non-hydrogen) atoms. The number of carbonyl (C=O) groups is 1. The second-order valence-corrected chi connectivity index (χ2v) is 5.71. The van der Waals surface area contributed by atoms with Crippen molar-refractivity contribution < 1.29 is 9.53 Å². The Morgan fingerprint density at radius 1 is 1.56 bits per heavy atom. The Morgan fingerprint density at radius 3 is 2.78 bits per heavy atom. The molecule has 3 N–H and O–H groups in total. The summed E-state index contributed by atoms with van der Waals surface area (Å²) in [5, 5.41) is 2.84. The lowest BCUT2D eigenvalue weighted by Gasteiger charge is -2.26. The first-order chi connectivity index (χ1) is 8.34. The van der Waals surface area contributed by atoms with Gasteiger partial charge in [0.05, 0.1) is 0 Å². The molecule has 1 rings (SSSR count). The lowest BCUT2D eigenvalue weighted by molar-refractivity contribution is -0.128. The number of rotatable bonds is 5. The van der Waals surface area contributed by atoms with Crippen LogP contribution in [0.1, 0.15) is 20.8 Å². The van der Waals surface area contributed by atoms with Gasteiger partial charge < -0.3 is 15.8 Å². The fraction of sp³-hybridized carbons (Fsp3) is 0.462. The number of nitrogens with two attached hydrogens (primary N) is 1. The van der Waals surface area contributed by atoms with Gasteiger partial charge in [-0.1, -0.05) is 22.0 Å². The van der Waals surface area contributed by atoms with E-state index in [1.807, 2.05) is 38.1 Å². The molecule has 1 atom stereocenters. The highest BCUT2D eigenvalue weighted by atomic mass is 79.9. The molecule has 4 nitrogen and oxygen atoms in total. The minimum Gasteiger partial charge on any atom is -0.481 e. The van der Waals surface area contributed by atoms with Crippen LogP contribution in [0.25, 0.3) is 0 Å². The zero-order chi connectivity index (χ0) is 13.8. The SMILES string of the molecule is CC(Oc1cccc(Br)c1)C(=O)NC(C)(C)CN. The van der Waals surface area contributed by atoms with Crippen LogP contribution in [0.3, 0.4) is 0 Å². The van der Waals surface area contributed by atoms with Crippen LogP contribution in [0.4, 0.5) is 0 Å². The van der Waals surface area contributed by atoms with Crippen LogP contribution in [0, 0.1) is 0 Å². The number of hydrogen-bond donors (Lipinski definition) is 2. The lowest BCUT2D eigenvalue weighted by atomic mass is 10.1. The summed E-state index contributed by atoms with van der Waals surface area (Å²) in [7, 11) is 0. The minimum atomic E-state index is -0.565. The molecule has 1 amide bonds. The Kier molecular flexibility index (Phi) is 5.16. The average molecular weight is 315 g/mol. The molecule has 5 heteroatoms. The fourth-order valence-electron chi connectivity index (χ4n) is 1.28. The van der Waals surface area contributed by atoms with Gasteiger partial charge in [0.2, 0.25) is 0 Å². The molecule has 0 saturated carbocycles. The summed E-state index contributed by atoms with van der Waals surface area (Å²) in [6.45, 7) is 5.83. The van der Waals surface area contributed by atoms with E-state index in [1.165, 1.54) is 0 Å². The third-order valence-corrected chi connectivity index (χ3v) is 2.94. The summed E-state index contributed by atoms with van der Waals surface area (Å²) in [5.74, 6) is 0.475. The summed E-state index contributed by atoms with van der Waals surface area (Å²) in [6, 6.07) is 7.38. The van der Waals surface area contributed by atoms with Crippen LogP contribution in [0.2, 0.25) is 0 Å². The summed E-state index contributed by atoms with van der Waals surface area (Å²) < 4.78 is 6.48. The molecule has 1 unspecified atom stereocenters. The largest absolute Gasteiger partial charge is 0.481 e. The van der Waals surface area contributed by atoms with E-state index in [0.29, 0.717) is 12.3 Å². The zero-order valence-electron chi connectivity index (χ0n) is 10.9. The molecule has 0 fully saturated rings. The van der Waals surface area contributed by atoms with Gasteiger partial charge in [0.1, 0.15) is 5.75 Å². The topological polar surface area (TPSA) is 64.3 Å². The van der Waals surface area contributed by atoms with Gasteiger partial charge in [-0.15, -0.1) is 0 Å². The van der Waals surface area contributed by atoms with Crippen molar-refractivity contribution in [1.29, 1.82) is 0 Å². The van der Waals surface area contributed by atoms with E-state index in [2.05, 4.69) is 21.2 Å². The van der Waals surface area contributed by atoms with Crippen LogP contribution < -0.4 is 15.8 Å². The van der Waals surface area contributed by atoms with E-state index < -0.39 is 11.6 Å². The maximum Gasteiger partial charge on any atom is 0.261 e. The zero-order valence-corrected chi connectivity index (χ0v) is 12.5. The number of amides is 1. The maximum atomic E-state index is 11.9. The van der Waals surface area contributed by atoms with Crippen molar-refractivity contribution in [1.82, 2.24) is 5.32 Å². The molecule has 0 saturated heterocycles. The molecule has 100 valence electrons. The summed E-state index contributed by atoms with van der Waals surface area (Å²) >= 11 is 3.35. The number of ether oxygens (including phenoxy) is 1. The third kappa shape index (κ3) is 4.66. The van der Waals surface area contributed by atoms with Gasteiger partial charge >= 0.3 is 0 Å². The molecule has 1 aromatic carbocycles. The first kappa shape index (κ1) is 15.0. The van der Waals surface area contributed by atoms with E-state index in [4.69, 9.17) is 10.5 Å². The first-order valence-electron chi connectivity index (χ1n) is 5.78. The maximum absolute atomic E-state index is 11.9. The molecule has 0 radical (unpaired) electrons. The van der Waals surface area contributed by atoms with Crippen LogP contribution in [0.15, 0.2) is 28.7 Å². The van der Waals surface area contributed by atoms with Gasteiger partial charge in [0, 0.05) is 16.6 Å². The van der Waals surface area contributed by atoms with Crippen LogP contribution in [0.5, 0.6) is 5.75 Å². The van der Waals surface area contributed by atoms with E-state index in [1.54, 1.807) is 6.92 Å². The standard InChI is InChI=1S/C13H19BrN2O2/c1-9(12(17)16-13(2,3)8-15)18-11-6-4-5-10(14)7-11/h4-7,9H,8,15H2,1-3H3,(H,16,17). The highest BCUT2D eigenvalue weighted by Crippen LogP contribution is 2.19. The predicted octanol–water partition coefficient (Wildman–Crippen LogP) is 2.07. The monoisotopic (exact) mass is 314 g/mol. The summed E-state index contributed by atoms with van der Waals surface area (Å²) in [6.07, 6.45) is -0.565. The number of halogens is 1. The van der Waals surface area contributed by atoms with Gasteiger partial charge in [0.15, 0.2) is 6.10 Å². The Hall–Kier alpha value is -1.07. The molecule has 0 aliphatic rings. The Balaban J connectivity index is 2.60. The summed E-state index contributed by atoms with van der Waals surface area (Å²) in [5.41, 5.74) is 5.14. The highest BCUT2D eigenvalue weighted by molar-refractivity contribution is 9.10. The molecule has 0 aliphatic carbocycles. The van der Waals surface area contributed by atoms with Crippen LogP contribution in [-0.2, 0) is 4.79 Å². The van der Waals surface area contributed by atoms with Crippen molar-refractivity contribution in [2.45, 2.75) is 32.4 Å². The third-order valence-electron chi connectivity index (χ3n) is 2.45. The second-order valence-electron chi connectivity index (χ2n) is 4.79. The van der Waals surface area contributed by atoms with E-state index in [9.17, 15) is 4.79 Å². The van der Waals surface area contributed by atoms with Gasteiger partial charge in [0.25, 0.3) is 5.91 Å². The first-order valence-corrected chi connectivity index (χ1v) is 6.58. The molecular weight excluding hydrogens is 296 g/mol. The molecule has 0 spiro atoms. The van der Waals surface area contributed by atoms with E-state index in [0.717, 1.165) is 4.47 Å². The number of nitrogens with one attached hydrogen (secondary N) is 1. The fourth-order valence-corrected chi connectivity index (χ4v) is 1.66. The van der Waals surface area contributed by atoms with Crippen molar-refractivity contribution in [2.24, 2.45) is 5.73 Å². The Labute approximate surface area is 116 Å². The molecular formula is C13H19BrN2O2.